The minimum atomic E-state index is -0.00570. The second kappa shape index (κ2) is 3.76. The zero-order valence-electron chi connectivity index (χ0n) is 8.60. The lowest BCUT2D eigenvalue weighted by atomic mass is 10.3. The van der Waals surface area contributed by atoms with Gasteiger partial charge in [-0.2, -0.15) is 0 Å². The lowest BCUT2D eigenvalue weighted by Gasteiger charge is -1.88. The average molecular weight is 207 g/mol. The van der Waals surface area contributed by atoms with Gasteiger partial charge in [0, 0.05) is 11.0 Å². The van der Waals surface area contributed by atoms with E-state index in [4.69, 9.17) is 15.9 Å². The van der Waals surface area contributed by atoms with Gasteiger partial charge in [-0.15, -0.1) is 0 Å². The summed E-state index contributed by atoms with van der Waals surface area (Å²) in [7, 11) is 0. The molecule has 0 aliphatic heterocycles. The van der Waals surface area contributed by atoms with Crippen LogP contribution in [0.15, 0.2) is 21.7 Å². The van der Waals surface area contributed by atoms with E-state index < -0.39 is 0 Å². The van der Waals surface area contributed by atoms with Crippen molar-refractivity contribution in [2.75, 3.05) is 0 Å². The number of nitrogens with one attached hydrogen (secondary N) is 1. The highest BCUT2D eigenvalue weighted by atomic mass is 16.3. The van der Waals surface area contributed by atoms with E-state index >= 15 is 0 Å². The van der Waals surface area contributed by atoms with Gasteiger partial charge in [0.1, 0.15) is 5.76 Å². The summed E-state index contributed by atoms with van der Waals surface area (Å²) in [4.78, 5) is 0. The Bertz CT molecular complexity index is 403. The fourth-order valence-corrected chi connectivity index (χ4v) is 1.53. The number of hydrogen-bond donors (Lipinski definition) is 3. The van der Waals surface area contributed by atoms with E-state index in [0.717, 1.165) is 17.4 Å². The fourth-order valence-electron chi connectivity index (χ4n) is 1.53. The van der Waals surface area contributed by atoms with Crippen LogP contribution in [0.3, 0.4) is 0 Å². The van der Waals surface area contributed by atoms with Crippen molar-refractivity contribution in [3.05, 3.63) is 23.7 Å². The molecule has 0 saturated heterocycles. The lowest BCUT2D eigenvalue weighted by Crippen LogP contribution is -2.63. The molecule has 2 atom stereocenters. The van der Waals surface area contributed by atoms with Crippen molar-refractivity contribution in [1.82, 2.24) is 0 Å². The van der Waals surface area contributed by atoms with Crippen molar-refractivity contribution in [1.29, 1.82) is 0 Å². The van der Waals surface area contributed by atoms with Crippen LogP contribution in [0.25, 0.3) is 0 Å². The van der Waals surface area contributed by atoms with E-state index in [-0.39, 0.29) is 5.96 Å². The largest absolute Gasteiger partial charge is 0.455 e. The Labute approximate surface area is 87.9 Å². The molecule has 1 aliphatic carbocycles. The highest BCUT2D eigenvalue weighted by Crippen LogP contribution is 2.47. The zero-order chi connectivity index (χ0) is 10.8. The van der Waals surface area contributed by atoms with Gasteiger partial charge in [0.05, 0.1) is 0 Å². The first-order valence-electron chi connectivity index (χ1n) is 4.94. The third-order valence-electron chi connectivity index (χ3n) is 2.52. The summed E-state index contributed by atoms with van der Waals surface area (Å²) in [5.41, 5.74) is 10.3. The summed E-state index contributed by atoms with van der Waals surface area (Å²) in [6.45, 7) is 2.22. The number of hydrazone groups is 1. The van der Waals surface area contributed by atoms with E-state index in [1.165, 1.54) is 6.42 Å². The van der Waals surface area contributed by atoms with Gasteiger partial charge in [0.25, 0.3) is 5.96 Å². The van der Waals surface area contributed by atoms with Crippen LogP contribution in [-0.4, -0.2) is 12.2 Å². The van der Waals surface area contributed by atoms with E-state index in [2.05, 4.69) is 17.1 Å². The summed E-state index contributed by atoms with van der Waals surface area (Å²) in [5.74, 6) is 3.10. The molecule has 1 heterocycles. The number of hydrogen-bond acceptors (Lipinski definition) is 2. The molecule has 0 bridgehead atoms. The molecule has 1 aromatic rings. The molecular formula is C10H15N4O+. The van der Waals surface area contributed by atoms with E-state index in [0.29, 0.717) is 5.92 Å². The van der Waals surface area contributed by atoms with Gasteiger partial charge in [-0.3, -0.25) is 0 Å². The van der Waals surface area contributed by atoms with Crippen molar-refractivity contribution < 1.29 is 9.52 Å². The van der Waals surface area contributed by atoms with Crippen molar-refractivity contribution in [3.8, 4) is 0 Å². The molecule has 5 heteroatoms. The summed E-state index contributed by atoms with van der Waals surface area (Å²) in [5, 5.41) is 6.22. The normalized spacial score (nSPS) is 24.3. The summed E-state index contributed by atoms with van der Waals surface area (Å²) in [6.07, 6.45) is 2.84. The molecule has 0 radical (unpaired) electrons. The summed E-state index contributed by atoms with van der Waals surface area (Å²) >= 11 is 0. The van der Waals surface area contributed by atoms with Crippen LogP contribution >= 0.6 is 0 Å². The van der Waals surface area contributed by atoms with Crippen molar-refractivity contribution in [3.63, 3.8) is 0 Å². The number of guanidine groups is 1. The summed E-state index contributed by atoms with van der Waals surface area (Å²) < 4.78 is 5.59. The minimum Gasteiger partial charge on any atom is -0.455 e. The molecule has 0 amide bonds. The Kier molecular flexibility index (Phi) is 2.45. The molecule has 5 N–H and O–H groups in total. The molecular weight excluding hydrogens is 192 g/mol. The lowest BCUT2D eigenvalue weighted by molar-refractivity contribution is -0.457. The van der Waals surface area contributed by atoms with Crippen molar-refractivity contribution >= 4 is 12.2 Å². The maximum absolute atomic E-state index is 5.59. The zero-order valence-corrected chi connectivity index (χ0v) is 8.60. The third-order valence-corrected chi connectivity index (χ3v) is 2.52. The van der Waals surface area contributed by atoms with Gasteiger partial charge in [0.2, 0.25) is 6.21 Å². The predicted molar refractivity (Wildman–Crippen MR) is 57.2 cm³/mol. The molecule has 15 heavy (non-hydrogen) atoms. The SMILES string of the molecule is C[C@@H]1C[C@@H]1c1ccc(/C=[NH+]\N=C(N)N)o1. The molecule has 0 aromatic carbocycles. The molecule has 0 unspecified atom stereocenters. The van der Waals surface area contributed by atoms with Gasteiger partial charge in [-0.25, -0.2) is 0 Å². The first kappa shape index (κ1) is 9.76. The fraction of sp³-hybridized carbons (Fsp3) is 0.400. The monoisotopic (exact) mass is 207 g/mol. The minimum absolute atomic E-state index is 0.00570. The second-order valence-corrected chi connectivity index (χ2v) is 3.87. The second-order valence-electron chi connectivity index (χ2n) is 3.87. The van der Waals surface area contributed by atoms with Gasteiger partial charge in [-0.05, 0) is 24.5 Å². The maximum Gasteiger partial charge on any atom is 0.256 e. The van der Waals surface area contributed by atoms with Crippen LogP contribution < -0.4 is 16.6 Å². The Balaban J connectivity index is 2.01. The number of nitrogens with two attached hydrogens (primary N) is 2. The van der Waals surface area contributed by atoms with Crippen LogP contribution in [-0.2, 0) is 0 Å². The topological polar surface area (TPSA) is 91.5 Å². The molecule has 1 aliphatic rings. The molecule has 80 valence electrons. The average Bonchev–Trinajstić information content (AvgIpc) is 2.73. The van der Waals surface area contributed by atoms with E-state index in [9.17, 15) is 0 Å². The summed E-state index contributed by atoms with van der Waals surface area (Å²) in [6, 6.07) is 3.90. The van der Waals surface area contributed by atoms with E-state index in [1.807, 2.05) is 12.1 Å². The Morgan fingerprint density at radius 2 is 2.33 bits per heavy atom. The predicted octanol–water partition coefficient (Wildman–Crippen LogP) is -0.909. The molecule has 2 rings (SSSR count). The van der Waals surface area contributed by atoms with Gasteiger partial charge in [-0.1, -0.05) is 12.0 Å². The van der Waals surface area contributed by atoms with Gasteiger partial charge < -0.3 is 15.9 Å². The number of nitrogens with zero attached hydrogens (tertiary/aromatic N) is 1. The van der Waals surface area contributed by atoms with Crippen LogP contribution in [0.1, 0.15) is 30.8 Å². The standard InChI is InChI=1S/C10H14N4O/c1-6-4-8(6)9-3-2-7(15-9)5-13-14-10(11)12/h2-3,5-6,8H,4H2,1H3,(H4,11,12,14)/p+1/b13-5-/t6-,8+/m1/s1. The Morgan fingerprint density at radius 3 is 2.93 bits per heavy atom. The van der Waals surface area contributed by atoms with Gasteiger partial charge in [0.15, 0.2) is 5.76 Å². The van der Waals surface area contributed by atoms with Crippen LogP contribution in [0, 0.1) is 5.92 Å². The highest BCUT2D eigenvalue weighted by molar-refractivity contribution is 5.75. The van der Waals surface area contributed by atoms with Crippen LogP contribution in [0.2, 0.25) is 0 Å². The van der Waals surface area contributed by atoms with Crippen LogP contribution in [0.4, 0.5) is 0 Å². The molecule has 1 aromatic heterocycles. The molecule has 1 fully saturated rings. The maximum atomic E-state index is 5.59. The quantitative estimate of drug-likeness (QED) is 0.340. The smallest absolute Gasteiger partial charge is 0.256 e. The highest BCUT2D eigenvalue weighted by Gasteiger charge is 2.36. The van der Waals surface area contributed by atoms with Crippen molar-refractivity contribution in [2.24, 2.45) is 22.5 Å². The number of furan rings is 1. The Hall–Kier alpha value is -1.78. The molecule has 5 nitrogen and oxygen atoms in total. The van der Waals surface area contributed by atoms with E-state index in [1.54, 1.807) is 6.21 Å². The first-order valence-corrected chi connectivity index (χ1v) is 4.94. The first-order chi connectivity index (χ1) is 7.16. The Morgan fingerprint density at radius 1 is 1.60 bits per heavy atom. The molecule has 0 spiro atoms. The molecule has 1 saturated carbocycles. The number of rotatable bonds is 3. The van der Waals surface area contributed by atoms with Crippen LogP contribution in [0.5, 0.6) is 0 Å². The third kappa shape index (κ3) is 2.37. The van der Waals surface area contributed by atoms with Gasteiger partial charge >= 0.3 is 0 Å². The van der Waals surface area contributed by atoms with Crippen molar-refractivity contribution in [2.45, 2.75) is 19.3 Å².